The van der Waals surface area contributed by atoms with Crippen LogP contribution in [-0.4, -0.2) is 27.7 Å². The molecule has 9 heteroatoms. The summed E-state index contributed by atoms with van der Waals surface area (Å²) < 4.78 is 25.9. The topological polar surface area (TPSA) is 113 Å². The lowest BCUT2D eigenvalue weighted by Crippen LogP contribution is -2.15. The molecule has 0 saturated heterocycles. The van der Waals surface area contributed by atoms with E-state index in [1.807, 2.05) is 6.92 Å². The van der Waals surface area contributed by atoms with Gasteiger partial charge >= 0.3 is 0 Å². The van der Waals surface area contributed by atoms with Crippen LogP contribution in [0.3, 0.4) is 0 Å². The Labute approximate surface area is 151 Å². The van der Waals surface area contributed by atoms with Gasteiger partial charge in [0.1, 0.15) is 0 Å². The maximum absolute atomic E-state index is 12.0. The Morgan fingerprint density at radius 2 is 1.85 bits per heavy atom. The molecule has 8 nitrogen and oxygen atoms in total. The Bertz CT molecular complexity index is 1100. The summed E-state index contributed by atoms with van der Waals surface area (Å²) in [7, 11) is -2.10. The summed E-state index contributed by atoms with van der Waals surface area (Å²) in [6.07, 6.45) is 3.24. The van der Waals surface area contributed by atoms with E-state index < -0.39 is 10.0 Å². The van der Waals surface area contributed by atoms with E-state index in [1.165, 1.54) is 22.8 Å². The molecule has 0 saturated carbocycles. The standard InChI is InChI=1S/C17H19N5O3S/c1-3-4-15-19-17(12-9-10-21(2)16(23)11-12)22(20-15)13-5-7-14(8-6-13)26(18,24)25/h5-11H,3-4H2,1-2H3,(H2,18,24,25). The van der Waals surface area contributed by atoms with Gasteiger partial charge in [0.15, 0.2) is 11.6 Å². The zero-order valence-corrected chi connectivity index (χ0v) is 15.3. The monoisotopic (exact) mass is 373 g/mol. The molecule has 0 bridgehead atoms. The van der Waals surface area contributed by atoms with Crippen LogP contribution in [-0.2, 0) is 23.5 Å². The minimum absolute atomic E-state index is 0.0188. The minimum Gasteiger partial charge on any atom is -0.319 e. The van der Waals surface area contributed by atoms with Crippen LogP contribution in [0.15, 0.2) is 52.3 Å². The molecule has 0 amide bonds. The van der Waals surface area contributed by atoms with Crippen molar-refractivity contribution in [3.63, 3.8) is 0 Å². The predicted octanol–water partition coefficient (Wildman–Crippen LogP) is 1.23. The minimum atomic E-state index is -3.77. The number of hydrogen-bond acceptors (Lipinski definition) is 5. The van der Waals surface area contributed by atoms with Crippen molar-refractivity contribution in [2.24, 2.45) is 12.2 Å². The van der Waals surface area contributed by atoms with Crippen LogP contribution in [0.5, 0.6) is 0 Å². The highest BCUT2D eigenvalue weighted by atomic mass is 32.2. The SMILES string of the molecule is CCCc1nc(-c2ccn(C)c(=O)c2)n(-c2ccc(S(N)(=O)=O)cc2)n1. The Hall–Kier alpha value is -2.78. The van der Waals surface area contributed by atoms with E-state index in [1.54, 1.807) is 36.1 Å². The number of aromatic nitrogens is 4. The lowest BCUT2D eigenvalue weighted by molar-refractivity contribution is 0.598. The summed E-state index contributed by atoms with van der Waals surface area (Å²) in [6.45, 7) is 2.03. The summed E-state index contributed by atoms with van der Waals surface area (Å²) in [5, 5.41) is 9.65. The lowest BCUT2D eigenvalue weighted by atomic mass is 10.2. The molecule has 0 fully saturated rings. The molecule has 26 heavy (non-hydrogen) atoms. The third-order valence-corrected chi connectivity index (χ3v) is 4.83. The van der Waals surface area contributed by atoms with Crippen molar-refractivity contribution >= 4 is 10.0 Å². The van der Waals surface area contributed by atoms with Gasteiger partial charge in [-0.25, -0.2) is 23.2 Å². The van der Waals surface area contributed by atoms with Gasteiger partial charge in [0.2, 0.25) is 10.0 Å². The Kier molecular flexibility index (Phi) is 4.75. The highest BCUT2D eigenvalue weighted by Crippen LogP contribution is 2.21. The molecule has 3 aromatic rings. The normalized spacial score (nSPS) is 11.7. The van der Waals surface area contributed by atoms with Crippen molar-refractivity contribution in [2.45, 2.75) is 24.7 Å². The largest absolute Gasteiger partial charge is 0.319 e. The lowest BCUT2D eigenvalue weighted by Gasteiger charge is -2.07. The van der Waals surface area contributed by atoms with Gasteiger partial charge in [-0.2, -0.15) is 5.10 Å². The Morgan fingerprint density at radius 1 is 1.15 bits per heavy atom. The molecule has 0 aliphatic carbocycles. The number of primary sulfonamides is 1. The van der Waals surface area contributed by atoms with E-state index in [0.717, 1.165) is 6.42 Å². The second-order valence-corrected chi connectivity index (χ2v) is 7.48. The first-order chi connectivity index (χ1) is 12.3. The van der Waals surface area contributed by atoms with Crippen LogP contribution in [0.4, 0.5) is 0 Å². The number of nitrogens with zero attached hydrogens (tertiary/aromatic N) is 4. The molecule has 0 radical (unpaired) electrons. The van der Waals surface area contributed by atoms with Gasteiger partial charge < -0.3 is 4.57 Å². The number of sulfonamides is 1. The van der Waals surface area contributed by atoms with Gasteiger partial charge in [0.05, 0.1) is 10.6 Å². The second kappa shape index (κ2) is 6.85. The van der Waals surface area contributed by atoms with Crippen molar-refractivity contribution in [1.29, 1.82) is 0 Å². The highest BCUT2D eigenvalue weighted by molar-refractivity contribution is 7.89. The van der Waals surface area contributed by atoms with E-state index in [9.17, 15) is 13.2 Å². The molecule has 0 unspecified atom stereocenters. The first kappa shape index (κ1) is 18.0. The third-order valence-electron chi connectivity index (χ3n) is 3.90. The van der Waals surface area contributed by atoms with Crippen LogP contribution < -0.4 is 10.7 Å². The van der Waals surface area contributed by atoms with Gasteiger partial charge in [0.25, 0.3) is 5.56 Å². The fourth-order valence-corrected chi connectivity index (χ4v) is 3.03. The van der Waals surface area contributed by atoms with Gasteiger partial charge in [-0.05, 0) is 36.8 Å². The smallest absolute Gasteiger partial charge is 0.250 e. The summed E-state index contributed by atoms with van der Waals surface area (Å²) in [6, 6.07) is 9.33. The van der Waals surface area contributed by atoms with Crippen molar-refractivity contribution in [3.8, 4) is 17.1 Å². The van der Waals surface area contributed by atoms with Gasteiger partial charge in [0, 0.05) is 31.3 Å². The molecule has 2 aromatic heterocycles. The number of hydrogen-bond donors (Lipinski definition) is 1. The van der Waals surface area contributed by atoms with E-state index in [-0.39, 0.29) is 10.5 Å². The van der Waals surface area contributed by atoms with Gasteiger partial charge in [-0.15, -0.1) is 0 Å². The zero-order valence-electron chi connectivity index (χ0n) is 14.5. The molecular weight excluding hydrogens is 354 g/mol. The molecule has 1 aromatic carbocycles. The zero-order chi connectivity index (χ0) is 18.9. The molecule has 0 aliphatic rings. The van der Waals surface area contributed by atoms with Crippen molar-refractivity contribution in [1.82, 2.24) is 19.3 Å². The highest BCUT2D eigenvalue weighted by Gasteiger charge is 2.15. The number of nitrogens with two attached hydrogens (primary N) is 1. The number of aryl methyl sites for hydroxylation is 2. The van der Waals surface area contributed by atoms with E-state index in [2.05, 4.69) is 10.1 Å². The fourth-order valence-electron chi connectivity index (χ4n) is 2.52. The Morgan fingerprint density at radius 3 is 2.42 bits per heavy atom. The third kappa shape index (κ3) is 3.58. The van der Waals surface area contributed by atoms with Crippen LogP contribution in [0, 0.1) is 0 Å². The quantitative estimate of drug-likeness (QED) is 0.723. The first-order valence-electron chi connectivity index (χ1n) is 8.06. The number of pyridine rings is 1. The maximum Gasteiger partial charge on any atom is 0.250 e. The van der Waals surface area contributed by atoms with Gasteiger partial charge in [-0.1, -0.05) is 6.92 Å². The average Bonchev–Trinajstić information content (AvgIpc) is 3.01. The molecule has 0 spiro atoms. The first-order valence-corrected chi connectivity index (χ1v) is 9.60. The summed E-state index contributed by atoms with van der Waals surface area (Å²) in [4.78, 5) is 16.5. The second-order valence-electron chi connectivity index (χ2n) is 5.92. The maximum atomic E-state index is 12.0. The average molecular weight is 373 g/mol. The van der Waals surface area contributed by atoms with Crippen molar-refractivity contribution < 1.29 is 8.42 Å². The van der Waals surface area contributed by atoms with E-state index in [0.29, 0.717) is 29.3 Å². The molecule has 3 rings (SSSR count). The van der Waals surface area contributed by atoms with Crippen molar-refractivity contribution in [2.75, 3.05) is 0 Å². The number of benzene rings is 1. The van der Waals surface area contributed by atoms with Gasteiger partial charge in [-0.3, -0.25) is 4.79 Å². The summed E-state index contributed by atoms with van der Waals surface area (Å²) in [5.41, 5.74) is 1.11. The van der Waals surface area contributed by atoms with Crippen molar-refractivity contribution in [3.05, 3.63) is 58.8 Å². The molecule has 0 atom stereocenters. The van der Waals surface area contributed by atoms with E-state index in [4.69, 9.17) is 5.14 Å². The van der Waals surface area contributed by atoms with Crippen LogP contribution >= 0.6 is 0 Å². The molecule has 0 aliphatic heterocycles. The van der Waals surface area contributed by atoms with Crippen LogP contribution in [0.25, 0.3) is 17.1 Å². The fraction of sp³-hybridized carbons (Fsp3) is 0.235. The summed E-state index contributed by atoms with van der Waals surface area (Å²) in [5.74, 6) is 1.17. The van der Waals surface area contributed by atoms with E-state index >= 15 is 0 Å². The summed E-state index contributed by atoms with van der Waals surface area (Å²) >= 11 is 0. The number of rotatable bonds is 5. The predicted molar refractivity (Wildman–Crippen MR) is 97.4 cm³/mol. The Balaban J connectivity index is 2.14. The molecule has 2 N–H and O–H groups in total. The molecule has 2 heterocycles. The van der Waals surface area contributed by atoms with Crippen LogP contribution in [0.2, 0.25) is 0 Å². The molecule has 136 valence electrons. The van der Waals surface area contributed by atoms with Crippen LogP contribution in [0.1, 0.15) is 19.2 Å². The molecular formula is C17H19N5O3S.